The Morgan fingerprint density at radius 3 is 2.50 bits per heavy atom. The van der Waals surface area contributed by atoms with Crippen molar-refractivity contribution in [2.45, 2.75) is 57.3 Å². The van der Waals surface area contributed by atoms with E-state index in [1.54, 1.807) is 20.8 Å². The molecule has 2 aliphatic carbocycles. The summed E-state index contributed by atoms with van der Waals surface area (Å²) in [6.07, 6.45) is 0.364. The lowest BCUT2D eigenvalue weighted by atomic mass is 9.82. The number of rotatable bonds is 0. The van der Waals surface area contributed by atoms with Gasteiger partial charge in [0.05, 0.1) is 17.1 Å². The molecule has 110 valence electrons. The molecule has 5 atom stereocenters. The van der Waals surface area contributed by atoms with Gasteiger partial charge in [-0.3, -0.25) is 9.59 Å². The molecule has 3 aliphatic rings. The summed E-state index contributed by atoms with van der Waals surface area (Å²) in [5.74, 6) is -0.886. The Morgan fingerprint density at radius 2 is 1.85 bits per heavy atom. The number of carbonyl (C=O) groups is 2. The minimum absolute atomic E-state index is 0.0526. The SMILES string of the molecule is C[C@@H]1C(=O)O[C@@H]2C3=C(C(=O)C[C@]3(C)O)[C@@](C)(O)CC[C@@H]12. The summed E-state index contributed by atoms with van der Waals surface area (Å²) in [5, 5.41) is 21.2. The van der Waals surface area contributed by atoms with Crippen molar-refractivity contribution in [1.29, 1.82) is 0 Å². The quantitative estimate of drug-likeness (QED) is 0.639. The van der Waals surface area contributed by atoms with Crippen LogP contribution in [0.5, 0.6) is 0 Å². The van der Waals surface area contributed by atoms with Gasteiger partial charge in [0.2, 0.25) is 0 Å². The molecule has 2 N–H and O–H groups in total. The van der Waals surface area contributed by atoms with Crippen LogP contribution in [0.4, 0.5) is 0 Å². The molecule has 0 aromatic carbocycles. The summed E-state index contributed by atoms with van der Waals surface area (Å²) in [4.78, 5) is 24.0. The van der Waals surface area contributed by atoms with E-state index in [4.69, 9.17) is 4.74 Å². The van der Waals surface area contributed by atoms with Crippen LogP contribution in [0.15, 0.2) is 11.1 Å². The molecule has 0 spiro atoms. The molecule has 5 nitrogen and oxygen atoms in total. The number of esters is 1. The molecule has 0 aromatic heterocycles. The molecule has 0 radical (unpaired) electrons. The van der Waals surface area contributed by atoms with Gasteiger partial charge in [0.15, 0.2) is 5.78 Å². The molecule has 1 fully saturated rings. The van der Waals surface area contributed by atoms with Gasteiger partial charge in [0.1, 0.15) is 6.10 Å². The van der Waals surface area contributed by atoms with Gasteiger partial charge < -0.3 is 14.9 Å². The number of Topliss-reactive ketones (excluding diaryl/α,β-unsaturated/α-hetero) is 1. The van der Waals surface area contributed by atoms with E-state index in [2.05, 4.69) is 0 Å². The van der Waals surface area contributed by atoms with Crippen molar-refractivity contribution < 1.29 is 24.5 Å². The summed E-state index contributed by atoms with van der Waals surface area (Å²) in [5.41, 5.74) is -1.92. The first-order chi connectivity index (χ1) is 9.15. The van der Waals surface area contributed by atoms with E-state index in [0.717, 1.165) is 0 Å². The minimum atomic E-state index is -1.34. The van der Waals surface area contributed by atoms with Crippen LogP contribution < -0.4 is 0 Å². The fourth-order valence-electron chi connectivity index (χ4n) is 3.96. The molecule has 20 heavy (non-hydrogen) atoms. The van der Waals surface area contributed by atoms with Crippen LogP contribution in [0.2, 0.25) is 0 Å². The first-order valence-corrected chi connectivity index (χ1v) is 7.09. The van der Waals surface area contributed by atoms with Crippen LogP contribution in [0.1, 0.15) is 40.0 Å². The van der Waals surface area contributed by atoms with Gasteiger partial charge in [-0.25, -0.2) is 0 Å². The third-order valence-electron chi connectivity index (χ3n) is 5.07. The molecule has 3 rings (SSSR count). The fraction of sp³-hybridized carbons (Fsp3) is 0.733. The van der Waals surface area contributed by atoms with Crippen molar-refractivity contribution in [3.05, 3.63) is 11.1 Å². The van der Waals surface area contributed by atoms with Gasteiger partial charge in [0.25, 0.3) is 0 Å². The van der Waals surface area contributed by atoms with E-state index in [9.17, 15) is 19.8 Å². The third-order valence-corrected chi connectivity index (χ3v) is 5.07. The summed E-state index contributed by atoms with van der Waals surface area (Å²) >= 11 is 0. The van der Waals surface area contributed by atoms with Crippen LogP contribution >= 0.6 is 0 Å². The molecule has 1 aliphatic heterocycles. The van der Waals surface area contributed by atoms with Crippen molar-refractivity contribution >= 4 is 11.8 Å². The van der Waals surface area contributed by atoms with E-state index in [1.807, 2.05) is 0 Å². The second kappa shape index (κ2) is 3.92. The van der Waals surface area contributed by atoms with E-state index in [0.29, 0.717) is 18.4 Å². The first kappa shape index (κ1) is 13.8. The van der Waals surface area contributed by atoms with Crippen LogP contribution in [-0.2, 0) is 14.3 Å². The van der Waals surface area contributed by atoms with Gasteiger partial charge in [-0.1, -0.05) is 6.92 Å². The minimum Gasteiger partial charge on any atom is -0.457 e. The lowest BCUT2D eigenvalue weighted by Gasteiger charge is -2.27. The molecule has 0 unspecified atom stereocenters. The average Bonchev–Trinajstić information content (AvgIpc) is 2.66. The Hall–Kier alpha value is -1.20. The third kappa shape index (κ3) is 1.69. The van der Waals surface area contributed by atoms with E-state index in [-0.39, 0.29) is 35.6 Å². The maximum atomic E-state index is 12.2. The lowest BCUT2D eigenvalue weighted by Crippen LogP contribution is -2.34. The smallest absolute Gasteiger partial charge is 0.309 e. The molecule has 0 bridgehead atoms. The highest BCUT2D eigenvalue weighted by molar-refractivity contribution is 6.02. The zero-order chi connectivity index (χ0) is 14.9. The summed E-state index contributed by atoms with van der Waals surface area (Å²) in [6.45, 7) is 4.97. The van der Waals surface area contributed by atoms with Gasteiger partial charge in [0, 0.05) is 23.5 Å². The Balaban J connectivity index is 2.19. The van der Waals surface area contributed by atoms with Crippen molar-refractivity contribution in [2.75, 3.05) is 0 Å². The van der Waals surface area contributed by atoms with Crippen LogP contribution in [0.3, 0.4) is 0 Å². The number of hydrogen-bond donors (Lipinski definition) is 2. The number of ketones is 1. The average molecular weight is 280 g/mol. The zero-order valence-corrected chi connectivity index (χ0v) is 12.0. The Kier molecular flexibility index (Phi) is 2.70. The number of ether oxygens (including phenoxy) is 1. The van der Waals surface area contributed by atoms with Crippen molar-refractivity contribution in [3.8, 4) is 0 Å². The van der Waals surface area contributed by atoms with Gasteiger partial charge in [-0.15, -0.1) is 0 Å². The van der Waals surface area contributed by atoms with E-state index in [1.165, 1.54) is 0 Å². The second-order valence-electron chi connectivity index (χ2n) is 6.79. The van der Waals surface area contributed by atoms with E-state index < -0.39 is 17.3 Å². The number of aliphatic hydroxyl groups is 2. The predicted molar refractivity (Wildman–Crippen MR) is 69.7 cm³/mol. The normalized spacial score (nSPS) is 48.0. The largest absolute Gasteiger partial charge is 0.457 e. The van der Waals surface area contributed by atoms with Gasteiger partial charge in [-0.05, 0) is 26.7 Å². The molecule has 1 heterocycles. The zero-order valence-electron chi connectivity index (χ0n) is 12.0. The summed E-state index contributed by atoms with van der Waals surface area (Å²) < 4.78 is 5.43. The molecule has 0 amide bonds. The lowest BCUT2D eigenvalue weighted by molar-refractivity contribution is -0.143. The standard InChI is InChI=1S/C15H20O5/c1-7-8-4-5-14(2,18)10-9(16)6-15(3,19)11(10)12(8)20-13(7)17/h7-8,12,18-19H,4-6H2,1-3H3/t7-,8-,12-,14-,15-/m0/s1. The van der Waals surface area contributed by atoms with Crippen LogP contribution in [0, 0.1) is 11.8 Å². The summed E-state index contributed by atoms with van der Waals surface area (Å²) in [7, 11) is 0. The number of fused-ring (bicyclic) bond motifs is 2. The molecular weight excluding hydrogens is 260 g/mol. The van der Waals surface area contributed by atoms with Crippen LogP contribution in [-0.4, -0.2) is 39.3 Å². The highest BCUT2D eigenvalue weighted by Crippen LogP contribution is 2.50. The molecule has 0 aromatic rings. The van der Waals surface area contributed by atoms with Gasteiger partial charge >= 0.3 is 5.97 Å². The molecular formula is C15H20O5. The molecule has 0 saturated carbocycles. The predicted octanol–water partition coefficient (Wildman–Crippen LogP) is 0.729. The number of carbonyl (C=O) groups excluding carboxylic acids is 2. The van der Waals surface area contributed by atoms with Crippen LogP contribution in [0.25, 0.3) is 0 Å². The fourth-order valence-corrected chi connectivity index (χ4v) is 3.96. The Bertz CT molecular complexity index is 528. The Morgan fingerprint density at radius 1 is 1.20 bits per heavy atom. The van der Waals surface area contributed by atoms with Crippen molar-refractivity contribution in [3.63, 3.8) is 0 Å². The molecule has 1 saturated heterocycles. The number of hydrogen-bond acceptors (Lipinski definition) is 5. The first-order valence-electron chi connectivity index (χ1n) is 7.09. The highest BCUT2D eigenvalue weighted by Gasteiger charge is 2.57. The van der Waals surface area contributed by atoms with Gasteiger partial charge in [-0.2, -0.15) is 0 Å². The second-order valence-corrected chi connectivity index (χ2v) is 6.79. The topological polar surface area (TPSA) is 83.8 Å². The van der Waals surface area contributed by atoms with Crippen molar-refractivity contribution in [1.82, 2.24) is 0 Å². The van der Waals surface area contributed by atoms with Crippen molar-refractivity contribution in [2.24, 2.45) is 11.8 Å². The highest BCUT2D eigenvalue weighted by atomic mass is 16.6. The molecule has 5 heteroatoms. The summed E-state index contributed by atoms with van der Waals surface area (Å²) in [6, 6.07) is 0. The van der Waals surface area contributed by atoms with E-state index >= 15 is 0 Å². The Labute approximate surface area is 117 Å². The maximum absolute atomic E-state index is 12.2. The maximum Gasteiger partial charge on any atom is 0.309 e. The monoisotopic (exact) mass is 280 g/mol.